The average Bonchev–Trinajstić information content (AvgIpc) is 3.25. The van der Waals surface area contributed by atoms with Crippen LogP contribution in [0.1, 0.15) is 37.1 Å². The van der Waals surface area contributed by atoms with Crippen LogP contribution in [0.3, 0.4) is 0 Å². The van der Waals surface area contributed by atoms with Crippen LogP contribution in [-0.4, -0.2) is 56.2 Å². The molecular formula is C20H26N6O3. The van der Waals surface area contributed by atoms with Crippen molar-refractivity contribution in [3.05, 3.63) is 47.8 Å². The number of tetrazole rings is 1. The van der Waals surface area contributed by atoms with E-state index in [2.05, 4.69) is 31.3 Å². The Morgan fingerprint density at radius 1 is 1.24 bits per heavy atom. The van der Waals surface area contributed by atoms with Gasteiger partial charge in [0.05, 0.1) is 12.1 Å². The summed E-state index contributed by atoms with van der Waals surface area (Å²) in [5.74, 6) is 0.0589. The Morgan fingerprint density at radius 2 is 2.07 bits per heavy atom. The number of hydrogen-bond donors (Lipinski definition) is 4. The summed E-state index contributed by atoms with van der Waals surface area (Å²) in [6.07, 6.45) is 5.33. The first-order valence-corrected chi connectivity index (χ1v) is 9.83. The number of carbonyl (C=O) groups excluding carboxylic acids is 2. The van der Waals surface area contributed by atoms with Crippen LogP contribution in [0.15, 0.2) is 36.4 Å². The lowest BCUT2D eigenvalue weighted by molar-refractivity contribution is -0.127. The minimum atomic E-state index is -0.743. The normalized spacial score (nSPS) is 21.8. The third-order valence-electron chi connectivity index (χ3n) is 5.01. The van der Waals surface area contributed by atoms with Crippen molar-refractivity contribution in [1.29, 1.82) is 0 Å². The topological polar surface area (TPSA) is 133 Å². The molecule has 1 aliphatic rings. The van der Waals surface area contributed by atoms with Gasteiger partial charge in [-0.2, -0.15) is 5.21 Å². The highest BCUT2D eigenvalue weighted by atomic mass is 16.3. The van der Waals surface area contributed by atoms with Crippen LogP contribution in [0.25, 0.3) is 6.08 Å². The highest BCUT2D eigenvalue weighted by Crippen LogP contribution is 2.25. The van der Waals surface area contributed by atoms with E-state index in [0.717, 1.165) is 5.56 Å². The fourth-order valence-corrected chi connectivity index (χ4v) is 3.41. The van der Waals surface area contributed by atoms with Crippen molar-refractivity contribution in [1.82, 2.24) is 31.3 Å². The zero-order chi connectivity index (χ0) is 20.5. The number of amides is 2. The summed E-state index contributed by atoms with van der Waals surface area (Å²) in [5.41, 5.74) is 0.933. The number of nitrogens with zero attached hydrogens (tertiary/aromatic N) is 3. The third kappa shape index (κ3) is 6.49. The Morgan fingerprint density at radius 3 is 2.79 bits per heavy atom. The number of nitrogens with one attached hydrogen (secondary N) is 3. The standard InChI is InChI=1S/C20H26N6O3/c27-17-13-15(20(29)21-12-4-7-18-23-25-26-24-18)9-10-16(17)22-19(28)11-8-14-5-2-1-3-6-14/h1-3,5-6,8,11,15-17,27H,4,7,9-10,12-13H2,(H,21,29)(H,22,28)(H,23,24,25,26)/b11-8+/t15-,16+,17+/m0/s1. The third-order valence-corrected chi connectivity index (χ3v) is 5.01. The fourth-order valence-electron chi connectivity index (χ4n) is 3.41. The average molecular weight is 398 g/mol. The van der Waals surface area contributed by atoms with Crippen molar-refractivity contribution in [2.75, 3.05) is 6.54 Å². The Hall–Kier alpha value is -3.07. The summed E-state index contributed by atoms with van der Waals surface area (Å²) >= 11 is 0. The number of aromatic amines is 1. The van der Waals surface area contributed by atoms with Crippen LogP contribution >= 0.6 is 0 Å². The number of rotatable bonds is 8. The molecule has 0 radical (unpaired) electrons. The Bertz CT molecular complexity index is 809. The number of hydrogen-bond acceptors (Lipinski definition) is 6. The van der Waals surface area contributed by atoms with Gasteiger partial charge in [0.2, 0.25) is 11.8 Å². The largest absolute Gasteiger partial charge is 0.391 e. The molecule has 1 saturated carbocycles. The summed E-state index contributed by atoms with van der Waals surface area (Å²) in [6.45, 7) is 0.518. The van der Waals surface area contributed by atoms with Gasteiger partial charge in [-0.25, -0.2) is 0 Å². The molecule has 9 heteroatoms. The maximum atomic E-state index is 12.3. The molecular weight excluding hydrogens is 372 g/mol. The van der Waals surface area contributed by atoms with Crippen LogP contribution in [0, 0.1) is 5.92 Å². The van der Waals surface area contributed by atoms with Gasteiger partial charge in [-0.05, 0) is 37.3 Å². The lowest BCUT2D eigenvalue weighted by Crippen LogP contribution is -2.48. The molecule has 1 aliphatic carbocycles. The first kappa shape index (κ1) is 20.7. The molecule has 1 heterocycles. The van der Waals surface area contributed by atoms with Gasteiger partial charge < -0.3 is 15.7 Å². The molecule has 0 unspecified atom stereocenters. The maximum Gasteiger partial charge on any atom is 0.244 e. The monoisotopic (exact) mass is 398 g/mol. The molecule has 0 aliphatic heterocycles. The second-order valence-electron chi connectivity index (χ2n) is 7.16. The van der Waals surface area contributed by atoms with Crippen molar-refractivity contribution >= 4 is 17.9 Å². The highest BCUT2D eigenvalue weighted by molar-refractivity contribution is 5.92. The number of aryl methyl sites for hydroxylation is 1. The van der Waals surface area contributed by atoms with Crippen molar-refractivity contribution in [3.63, 3.8) is 0 Å². The number of benzene rings is 1. The first-order valence-electron chi connectivity index (χ1n) is 9.83. The second kappa shape index (κ2) is 10.5. The van der Waals surface area contributed by atoms with E-state index in [1.807, 2.05) is 30.3 Å². The zero-order valence-corrected chi connectivity index (χ0v) is 16.1. The smallest absolute Gasteiger partial charge is 0.244 e. The van der Waals surface area contributed by atoms with E-state index in [4.69, 9.17) is 0 Å². The molecule has 2 aromatic rings. The number of aromatic nitrogens is 4. The lowest BCUT2D eigenvalue weighted by atomic mass is 9.83. The van der Waals surface area contributed by atoms with Crippen molar-refractivity contribution < 1.29 is 14.7 Å². The first-order chi connectivity index (χ1) is 14.1. The van der Waals surface area contributed by atoms with E-state index < -0.39 is 6.10 Å². The van der Waals surface area contributed by atoms with E-state index in [-0.39, 0.29) is 23.8 Å². The van der Waals surface area contributed by atoms with Gasteiger partial charge in [-0.1, -0.05) is 35.5 Å². The predicted molar refractivity (Wildman–Crippen MR) is 106 cm³/mol. The zero-order valence-electron chi connectivity index (χ0n) is 16.1. The number of aliphatic hydroxyl groups excluding tert-OH is 1. The van der Waals surface area contributed by atoms with Gasteiger partial charge >= 0.3 is 0 Å². The van der Waals surface area contributed by atoms with Gasteiger partial charge in [0, 0.05) is 25.0 Å². The molecule has 2 amide bonds. The summed E-state index contributed by atoms with van der Waals surface area (Å²) in [4.78, 5) is 24.4. The van der Waals surface area contributed by atoms with E-state index in [1.165, 1.54) is 6.08 Å². The summed E-state index contributed by atoms with van der Waals surface area (Å²) in [5, 5.41) is 29.7. The summed E-state index contributed by atoms with van der Waals surface area (Å²) in [7, 11) is 0. The van der Waals surface area contributed by atoms with Crippen LogP contribution < -0.4 is 10.6 Å². The fraction of sp³-hybridized carbons (Fsp3) is 0.450. The van der Waals surface area contributed by atoms with E-state index in [9.17, 15) is 14.7 Å². The molecule has 3 rings (SSSR count). The minimum Gasteiger partial charge on any atom is -0.391 e. The molecule has 9 nitrogen and oxygen atoms in total. The SMILES string of the molecule is O=C(/C=C/c1ccccc1)N[C@@H]1CC[C@H](C(=O)NCCCc2nn[nH]n2)C[C@H]1O. The van der Waals surface area contributed by atoms with Gasteiger partial charge in [-0.15, -0.1) is 10.2 Å². The quantitative estimate of drug-likeness (QED) is 0.380. The molecule has 0 spiro atoms. The number of H-pyrrole nitrogens is 1. The molecule has 1 fully saturated rings. The molecule has 1 aromatic carbocycles. The maximum absolute atomic E-state index is 12.3. The van der Waals surface area contributed by atoms with Crippen LogP contribution in [-0.2, 0) is 16.0 Å². The molecule has 4 N–H and O–H groups in total. The number of carbonyl (C=O) groups is 2. The van der Waals surface area contributed by atoms with Gasteiger partial charge in [0.15, 0.2) is 5.82 Å². The van der Waals surface area contributed by atoms with Crippen LogP contribution in [0.4, 0.5) is 0 Å². The second-order valence-corrected chi connectivity index (χ2v) is 7.16. The molecule has 0 bridgehead atoms. The number of aliphatic hydroxyl groups is 1. The summed E-state index contributed by atoms with van der Waals surface area (Å²) < 4.78 is 0. The van der Waals surface area contributed by atoms with E-state index >= 15 is 0 Å². The highest BCUT2D eigenvalue weighted by Gasteiger charge is 2.33. The van der Waals surface area contributed by atoms with Crippen molar-refractivity contribution in [3.8, 4) is 0 Å². The summed E-state index contributed by atoms with van der Waals surface area (Å²) in [6, 6.07) is 9.19. The lowest BCUT2D eigenvalue weighted by Gasteiger charge is -2.32. The molecule has 3 atom stereocenters. The molecule has 1 aromatic heterocycles. The van der Waals surface area contributed by atoms with Crippen molar-refractivity contribution in [2.45, 2.75) is 44.2 Å². The van der Waals surface area contributed by atoms with Crippen molar-refractivity contribution in [2.24, 2.45) is 5.92 Å². The van der Waals surface area contributed by atoms with E-state index in [1.54, 1.807) is 6.08 Å². The molecule has 0 saturated heterocycles. The Kier molecular flexibility index (Phi) is 7.46. The van der Waals surface area contributed by atoms with Gasteiger partial charge in [-0.3, -0.25) is 9.59 Å². The Labute approximate surface area is 169 Å². The van der Waals surface area contributed by atoms with Crippen LogP contribution in [0.5, 0.6) is 0 Å². The minimum absolute atomic E-state index is 0.0640. The van der Waals surface area contributed by atoms with E-state index in [0.29, 0.717) is 44.5 Å². The predicted octanol–water partition coefficient (Wildman–Crippen LogP) is 0.608. The van der Waals surface area contributed by atoms with Crippen LogP contribution in [0.2, 0.25) is 0 Å². The molecule has 154 valence electrons. The van der Waals surface area contributed by atoms with Gasteiger partial charge in [0.1, 0.15) is 0 Å². The molecule has 29 heavy (non-hydrogen) atoms. The Balaban J connectivity index is 1.37. The van der Waals surface area contributed by atoms with Gasteiger partial charge in [0.25, 0.3) is 0 Å².